The molecule has 0 unspecified atom stereocenters. The van der Waals surface area contributed by atoms with Crippen molar-refractivity contribution in [2.24, 2.45) is 0 Å². The summed E-state index contributed by atoms with van der Waals surface area (Å²) in [7, 11) is 0. The first kappa shape index (κ1) is 11.2. The van der Waals surface area contributed by atoms with E-state index in [1.807, 2.05) is 29.6 Å². The molecule has 7 heteroatoms. The van der Waals surface area contributed by atoms with Crippen LogP contribution < -0.4 is 5.32 Å². The Morgan fingerprint density at radius 3 is 3.00 bits per heavy atom. The van der Waals surface area contributed by atoms with Crippen LogP contribution in [0.15, 0.2) is 40.7 Å². The minimum Gasteiger partial charge on any atom is -0.324 e. The number of fused-ring (bicyclic) bond motifs is 1. The fraction of sp³-hybridized carbons (Fsp3) is 0. The Labute approximate surface area is 111 Å². The maximum absolute atomic E-state index is 11.7. The molecule has 0 saturated heterocycles. The highest BCUT2D eigenvalue weighted by Gasteiger charge is 2.09. The fourth-order valence-corrected chi connectivity index (χ4v) is 2.74. The predicted molar refractivity (Wildman–Crippen MR) is 73.1 cm³/mol. The molecule has 2 N–H and O–H groups in total. The number of nitrogens with one attached hydrogen (secondary N) is 2. The highest BCUT2D eigenvalue weighted by molar-refractivity contribution is 8.13. The van der Waals surface area contributed by atoms with Crippen molar-refractivity contribution in [3.63, 3.8) is 0 Å². The lowest BCUT2D eigenvalue weighted by molar-refractivity contribution is 0.269. The summed E-state index contributed by atoms with van der Waals surface area (Å²) < 4.78 is 4.05. The van der Waals surface area contributed by atoms with Gasteiger partial charge in [0, 0.05) is 5.38 Å². The van der Waals surface area contributed by atoms with Gasteiger partial charge in [0.15, 0.2) is 0 Å². The zero-order valence-electron chi connectivity index (χ0n) is 9.08. The Kier molecular flexibility index (Phi) is 2.99. The number of rotatable bonds is 2. The monoisotopic (exact) mass is 276 g/mol. The molecule has 0 saturated carbocycles. The molecule has 2 aromatic heterocycles. The molecule has 0 aliphatic carbocycles. The first-order valence-corrected chi connectivity index (χ1v) is 6.80. The minimum atomic E-state index is -0.208. The summed E-state index contributed by atoms with van der Waals surface area (Å²) in [5.41, 5.74) is 1.72. The molecule has 0 fully saturated rings. The van der Waals surface area contributed by atoms with Crippen molar-refractivity contribution in [2.45, 2.75) is 5.03 Å². The van der Waals surface area contributed by atoms with Gasteiger partial charge in [-0.15, -0.1) is 0 Å². The van der Waals surface area contributed by atoms with Gasteiger partial charge in [-0.3, -0.25) is 10.1 Å². The van der Waals surface area contributed by atoms with Gasteiger partial charge in [0.25, 0.3) is 5.24 Å². The number of carbonyl (C=O) groups excluding carboxylic acids is 1. The topological polar surface area (TPSA) is 70.7 Å². The summed E-state index contributed by atoms with van der Waals surface area (Å²) >= 11 is 2.36. The van der Waals surface area contributed by atoms with Crippen LogP contribution in [0.1, 0.15) is 0 Å². The van der Waals surface area contributed by atoms with Gasteiger partial charge < -0.3 is 4.98 Å². The molecule has 18 heavy (non-hydrogen) atoms. The van der Waals surface area contributed by atoms with Crippen molar-refractivity contribution < 1.29 is 4.79 Å². The summed E-state index contributed by atoms with van der Waals surface area (Å²) in [6, 6.07) is 9.41. The average molecular weight is 276 g/mol. The lowest BCUT2D eigenvalue weighted by Gasteiger charge is -1.97. The summed E-state index contributed by atoms with van der Waals surface area (Å²) in [5, 5.41) is 5.00. The standard InChI is InChI=1S/C11H8N4OS2/c16-11(18-9-5-6-17-15-9)14-10-12-7-3-1-2-4-8(7)13-10/h1-6H,(H2,12,13,14,16). The lowest BCUT2D eigenvalue weighted by Crippen LogP contribution is -2.05. The SMILES string of the molecule is O=C(Nc1nc2ccccc2[nH]1)Sc1ccsn1. The van der Waals surface area contributed by atoms with E-state index in [2.05, 4.69) is 19.7 Å². The van der Waals surface area contributed by atoms with E-state index in [1.165, 1.54) is 11.5 Å². The van der Waals surface area contributed by atoms with E-state index in [0.29, 0.717) is 11.0 Å². The van der Waals surface area contributed by atoms with Crippen LogP contribution >= 0.6 is 23.3 Å². The molecule has 0 spiro atoms. The quantitative estimate of drug-likeness (QED) is 0.704. The van der Waals surface area contributed by atoms with E-state index >= 15 is 0 Å². The maximum Gasteiger partial charge on any atom is 0.292 e. The first-order chi connectivity index (χ1) is 8.81. The number of benzene rings is 1. The van der Waals surface area contributed by atoms with Gasteiger partial charge in [0.2, 0.25) is 5.95 Å². The van der Waals surface area contributed by atoms with Gasteiger partial charge in [0.05, 0.1) is 11.0 Å². The van der Waals surface area contributed by atoms with Crippen LogP contribution in [0, 0.1) is 0 Å². The van der Waals surface area contributed by atoms with E-state index in [-0.39, 0.29) is 5.24 Å². The molecular weight excluding hydrogens is 268 g/mol. The highest BCUT2D eigenvalue weighted by atomic mass is 32.2. The molecule has 1 aromatic carbocycles. The Balaban J connectivity index is 1.74. The molecule has 0 bridgehead atoms. The molecule has 2 heterocycles. The van der Waals surface area contributed by atoms with Crippen molar-refractivity contribution in [1.82, 2.24) is 14.3 Å². The lowest BCUT2D eigenvalue weighted by atomic mass is 10.3. The first-order valence-electron chi connectivity index (χ1n) is 5.15. The Bertz CT molecular complexity index is 644. The maximum atomic E-state index is 11.7. The van der Waals surface area contributed by atoms with E-state index in [1.54, 1.807) is 6.07 Å². The number of anilines is 1. The Hall–Kier alpha value is -1.86. The van der Waals surface area contributed by atoms with Crippen LogP contribution in [0.5, 0.6) is 0 Å². The summed E-state index contributed by atoms with van der Waals surface area (Å²) in [6.45, 7) is 0. The van der Waals surface area contributed by atoms with Crippen molar-refractivity contribution in [1.29, 1.82) is 0 Å². The van der Waals surface area contributed by atoms with Gasteiger partial charge in [-0.1, -0.05) is 12.1 Å². The zero-order chi connectivity index (χ0) is 12.4. The smallest absolute Gasteiger partial charge is 0.292 e. The molecule has 0 aliphatic heterocycles. The molecule has 0 atom stereocenters. The largest absolute Gasteiger partial charge is 0.324 e. The number of H-pyrrole nitrogens is 1. The number of aromatic nitrogens is 3. The van der Waals surface area contributed by atoms with E-state index in [4.69, 9.17) is 0 Å². The van der Waals surface area contributed by atoms with Crippen molar-refractivity contribution >= 4 is 45.5 Å². The fourth-order valence-electron chi connectivity index (χ4n) is 1.48. The highest BCUT2D eigenvalue weighted by Crippen LogP contribution is 2.20. The Morgan fingerprint density at radius 2 is 2.22 bits per heavy atom. The molecular formula is C11H8N4OS2. The molecule has 3 aromatic rings. The molecule has 0 radical (unpaired) electrons. The summed E-state index contributed by atoms with van der Waals surface area (Å²) in [5.74, 6) is 0.448. The van der Waals surface area contributed by atoms with Crippen LogP contribution in [-0.2, 0) is 0 Å². The van der Waals surface area contributed by atoms with Gasteiger partial charge in [0.1, 0.15) is 5.03 Å². The number of hydrogen-bond donors (Lipinski definition) is 2. The van der Waals surface area contributed by atoms with Crippen molar-refractivity contribution in [3.8, 4) is 0 Å². The number of imidazole rings is 1. The molecule has 0 aliphatic rings. The number of carbonyl (C=O) groups is 1. The van der Waals surface area contributed by atoms with Crippen LogP contribution in [0.2, 0.25) is 0 Å². The van der Waals surface area contributed by atoms with E-state index < -0.39 is 0 Å². The molecule has 3 rings (SSSR count). The average Bonchev–Trinajstić information content (AvgIpc) is 2.96. The van der Waals surface area contributed by atoms with Gasteiger partial charge in [-0.25, -0.2) is 4.98 Å². The second kappa shape index (κ2) is 4.79. The van der Waals surface area contributed by atoms with Gasteiger partial charge >= 0.3 is 0 Å². The van der Waals surface area contributed by atoms with Crippen LogP contribution in [0.3, 0.4) is 0 Å². The zero-order valence-corrected chi connectivity index (χ0v) is 10.7. The molecule has 90 valence electrons. The van der Waals surface area contributed by atoms with Crippen LogP contribution in [-0.4, -0.2) is 19.6 Å². The number of thioether (sulfide) groups is 1. The number of para-hydroxylation sites is 2. The second-order valence-electron chi connectivity index (χ2n) is 3.45. The van der Waals surface area contributed by atoms with E-state index in [0.717, 1.165) is 22.8 Å². The predicted octanol–water partition coefficient (Wildman–Crippen LogP) is 3.34. The molecule has 5 nitrogen and oxygen atoms in total. The van der Waals surface area contributed by atoms with E-state index in [9.17, 15) is 4.79 Å². The van der Waals surface area contributed by atoms with Crippen LogP contribution in [0.4, 0.5) is 10.7 Å². The number of hydrogen-bond acceptors (Lipinski definition) is 5. The minimum absolute atomic E-state index is 0.208. The third kappa shape index (κ3) is 2.36. The van der Waals surface area contributed by atoms with Crippen LogP contribution in [0.25, 0.3) is 11.0 Å². The third-order valence-electron chi connectivity index (χ3n) is 2.22. The second-order valence-corrected chi connectivity index (χ2v) is 5.11. The number of nitrogens with zero attached hydrogens (tertiary/aromatic N) is 2. The Morgan fingerprint density at radius 1 is 1.33 bits per heavy atom. The number of aromatic amines is 1. The third-order valence-corrected chi connectivity index (χ3v) is 3.62. The van der Waals surface area contributed by atoms with Gasteiger partial charge in [-0.05, 0) is 41.5 Å². The number of amides is 1. The van der Waals surface area contributed by atoms with Crippen molar-refractivity contribution in [2.75, 3.05) is 5.32 Å². The summed E-state index contributed by atoms with van der Waals surface area (Å²) in [4.78, 5) is 19.0. The summed E-state index contributed by atoms with van der Waals surface area (Å²) in [6.07, 6.45) is 0. The normalized spacial score (nSPS) is 10.7. The van der Waals surface area contributed by atoms with Gasteiger partial charge in [-0.2, -0.15) is 4.37 Å². The molecule has 1 amide bonds. The van der Waals surface area contributed by atoms with Crippen molar-refractivity contribution in [3.05, 3.63) is 35.7 Å².